The Balaban J connectivity index is 2.09. The molecular formula is C12H16ClN3O4S. The van der Waals surface area contributed by atoms with Gasteiger partial charge in [-0.3, -0.25) is 10.1 Å². The molecule has 21 heavy (non-hydrogen) atoms. The summed E-state index contributed by atoms with van der Waals surface area (Å²) in [6.45, 7) is 2.08. The Bertz CT molecular complexity index is 629. The highest BCUT2D eigenvalue weighted by Gasteiger charge is 2.26. The van der Waals surface area contributed by atoms with Crippen molar-refractivity contribution in [1.29, 1.82) is 0 Å². The lowest BCUT2D eigenvalue weighted by molar-refractivity contribution is -0.387. The Morgan fingerprint density at radius 3 is 2.86 bits per heavy atom. The van der Waals surface area contributed by atoms with E-state index in [4.69, 9.17) is 11.6 Å². The van der Waals surface area contributed by atoms with Crippen LogP contribution in [0.4, 0.5) is 5.69 Å². The molecular weight excluding hydrogens is 318 g/mol. The van der Waals surface area contributed by atoms with Crippen molar-refractivity contribution in [2.75, 3.05) is 19.6 Å². The number of hydrogen-bond acceptors (Lipinski definition) is 5. The number of nitrogens with one attached hydrogen (secondary N) is 2. The number of rotatable bonds is 6. The van der Waals surface area contributed by atoms with Gasteiger partial charge in [0.15, 0.2) is 4.90 Å². The minimum atomic E-state index is -3.92. The smallest absolute Gasteiger partial charge is 0.290 e. The minimum absolute atomic E-state index is 0.123. The highest BCUT2D eigenvalue weighted by atomic mass is 35.5. The van der Waals surface area contributed by atoms with Crippen LogP contribution in [0.25, 0.3) is 0 Å². The summed E-state index contributed by atoms with van der Waals surface area (Å²) in [4.78, 5) is 9.84. The van der Waals surface area contributed by atoms with Crippen molar-refractivity contribution in [2.45, 2.75) is 17.7 Å². The van der Waals surface area contributed by atoms with Crippen LogP contribution in [-0.4, -0.2) is 33.0 Å². The molecule has 1 unspecified atom stereocenters. The van der Waals surface area contributed by atoms with Gasteiger partial charge in [-0.15, -0.1) is 0 Å². The zero-order valence-corrected chi connectivity index (χ0v) is 12.8. The quantitative estimate of drug-likeness (QED) is 0.607. The molecule has 2 rings (SSSR count). The number of sulfonamides is 1. The van der Waals surface area contributed by atoms with Gasteiger partial charge in [0.25, 0.3) is 5.69 Å². The number of halogens is 1. The molecule has 7 nitrogen and oxygen atoms in total. The topological polar surface area (TPSA) is 101 Å². The molecule has 1 aromatic rings. The number of nitro groups is 1. The maximum absolute atomic E-state index is 12.2. The van der Waals surface area contributed by atoms with E-state index in [1.54, 1.807) is 0 Å². The number of nitrogens with zero attached hydrogens (tertiary/aromatic N) is 1. The average molecular weight is 334 g/mol. The highest BCUT2D eigenvalue weighted by molar-refractivity contribution is 7.89. The zero-order chi connectivity index (χ0) is 15.5. The van der Waals surface area contributed by atoms with Crippen LogP contribution in [0.15, 0.2) is 23.1 Å². The molecule has 0 saturated carbocycles. The van der Waals surface area contributed by atoms with Gasteiger partial charge in [-0.05, 0) is 44.0 Å². The van der Waals surface area contributed by atoms with Crippen LogP contribution in [0, 0.1) is 16.0 Å². The second-order valence-electron chi connectivity index (χ2n) is 4.91. The molecule has 0 spiro atoms. The third-order valence-corrected chi connectivity index (χ3v) is 5.16. The molecule has 2 N–H and O–H groups in total. The van der Waals surface area contributed by atoms with Gasteiger partial charge in [-0.25, -0.2) is 13.1 Å². The summed E-state index contributed by atoms with van der Waals surface area (Å²) in [5, 5.41) is 14.3. The number of hydrogen-bond donors (Lipinski definition) is 2. The zero-order valence-electron chi connectivity index (χ0n) is 11.2. The van der Waals surface area contributed by atoms with Crippen molar-refractivity contribution in [3.8, 4) is 0 Å². The number of benzene rings is 1. The summed E-state index contributed by atoms with van der Waals surface area (Å²) < 4.78 is 26.8. The maximum Gasteiger partial charge on any atom is 0.290 e. The van der Waals surface area contributed by atoms with Crippen LogP contribution in [0.1, 0.15) is 12.8 Å². The first-order valence-electron chi connectivity index (χ1n) is 6.54. The molecule has 1 heterocycles. The van der Waals surface area contributed by atoms with Gasteiger partial charge in [-0.2, -0.15) is 0 Å². The molecule has 1 aliphatic rings. The van der Waals surface area contributed by atoms with Crippen molar-refractivity contribution in [2.24, 2.45) is 5.92 Å². The fraction of sp³-hybridized carbons (Fsp3) is 0.500. The second kappa shape index (κ2) is 6.69. The van der Waals surface area contributed by atoms with Gasteiger partial charge in [-0.1, -0.05) is 11.6 Å². The van der Waals surface area contributed by atoms with Crippen LogP contribution in [0.5, 0.6) is 0 Å². The summed E-state index contributed by atoms with van der Waals surface area (Å²) >= 11 is 5.67. The largest absolute Gasteiger partial charge is 0.316 e. The van der Waals surface area contributed by atoms with Crippen LogP contribution < -0.4 is 10.0 Å². The summed E-state index contributed by atoms with van der Waals surface area (Å²) in [6.07, 6.45) is 1.72. The monoisotopic (exact) mass is 333 g/mol. The van der Waals surface area contributed by atoms with Crippen LogP contribution >= 0.6 is 11.6 Å². The predicted octanol–water partition coefficient (Wildman–Crippen LogP) is 1.53. The molecule has 116 valence electrons. The summed E-state index contributed by atoms with van der Waals surface area (Å²) in [7, 11) is -3.92. The van der Waals surface area contributed by atoms with E-state index < -0.39 is 20.6 Å². The van der Waals surface area contributed by atoms with Crippen molar-refractivity contribution >= 4 is 27.3 Å². The molecule has 1 aromatic carbocycles. The van der Waals surface area contributed by atoms with Gasteiger partial charge < -0.3 is 5.32 Å². The molecule has 0 bridgehead atoms. The molecule has 1 atom stereocenters. The SMILES string of the molecule is O=[N+]([O-])c1cc(Cl)ccc1S(=O)(=O)NCCC1CCNC1. The number of nitro benzene ring substituents is 1. The first kappa shape index (κ1) is 16.2. The summed E-state index contributed by atoms with van der Waals surface area (Å²) in [5.41, 5.74) is -0.516. The van der Waals surface area contributed by atoms with Crippen molar-refractivity contribution in [3.05, 3.63) is 33.3 Å². The van der Waals surface area contributed by atoms with E-state index in [2.05, 4.69) is 10.0 Å². The molecule has 0 aliphatic carbocycles. The standard InChI is InChI=1S/C12H16ClN3O4S/c13-10-1-2-12(11(7-10)16(17)18)21(19,20)15-6-4-9-3-5-14-8-9/h1-2,7,9,14-15H,3-6,8H2. The molecule has 1 saturated heterocycles. The van der Waals surface area contributed by atoms with E-state index in [-0.39, 0.29) is 16.5 Å². The second-order valence-corrected chi connectivity index (χ2v) is 7.09. The van der Waals surface area contributed by atoms with Crippen molar-refractivity contribution in [1.82, 2.24) is 10.0 Å². The van der Waals surface area contributed by atoms with Crippen LogP contribution in [0.2, 0.25) is 5.02 Å². The van der Waals surface area contributed by atoms with Gasteiger partial charge in [0.2, 0.25) is 10.0 Å². The Labute approximate surface area is 127 Å². The van der Waals surface area contributed by atoms with Gasteiger partial charge in [0, 0.05) is 17.6 Å². The fourth-order valence-electron chi connectivity index (χ4n) is 2.30. The molecule has 1 fully saturated rings. The van der Waals surface area contributed by atoms with Crippen molar-refractivity contribution in [3.63, 3.8) is 0 Å². The molecule has 0 aromatic heterocycles. The van der Waals surface area contributed by atoms with Gasteiger partial charge >= 0.3 is 0 Å². The minimum Gasteiger partial charge on any atom is -0.316 e. The van der Waals surface area contributed by atoms with E-state index in [0.717, 1.165) is 31.6 Å². The van der Waals surface area contributed by atoms with Gasteiger partial charge in [0.1, 0.15) is 0 Å². The molecule has 9 heteroatoms. The predicted molar refractivity (Wildman–Crippen MR) is 78.9 cm³/mol. The Morgan fingerprint density at radius 1 is 1.48 bits per heavy atom. The Hall–Kier alpha value is -1.22. The lowest BCUT2D eigenvalue weighted by atomic mass is 10.1. The van der Waals surface area contributed by atoms with E-state index >= 15 is 0 Å². The van der Waals surface area contributed by atoms with Crippen LogP contribution in [-0.2, 0) is 10.0 Å². The van der Waals surface area contributed by atoms with E-state index in [1.807, 2.05) is 0 Å². The van der Waals surface area contributed by atoms with Crippen molar-refractivity contribution < 1.29 is 13.3 Å². The lowest BCUT2D eigenvalue weighted by Crippen LogP contribution is -2.27. The Morgan fingerprint density at radius 2 is 2.24 bits per heavy atom. The normalized spacial score (nSPS) is 18.8. The maximum atomic E-state index is 12.2. The van der Waals surface area contributed by atoms with Crippen LogP contribution in [0.3, 0.4) is 0 Å². The lowest BCUT2D eigenvalue weighted by Gasteiger charge is -2.10. The van der Waals surface area contributed by atoms with E-state index in [1.165, 1.54) is 6.07 Å². The third kappa shape index (κ3) is 4.13. The van der Waals surface area contributed by atoms with E-state index in [9.17, 15) is 18.5 Å². The first-order valence-corrected chi connectivity index (χ1v) is 8.40. The van der Waals surface area contributed by atoms with Gasteiger partial charge in [0.05, 0.1) is 4.92 Å². The average Bonchev–Trinajstić information content (AvgIpc) is 2.91. The highest BCUT2D eigenvalue weighted by Crippen LogP contribution is 2.27. The summed E-state index contributed by atoms with van der Waals surface area (Å²) in [5.74, 6) is 0.438. The Kier molecular flexibility index (Phi) is 5.15. The molecule has 0 amide bonds. The summed E-state index contributed by atoms with van der Waals surface area (Å²) in [6, 6.07) is 3.51. The van der Waals surface area contributed by atoms with E-state index in [0.29, 0.717) is 12.3 Å². The fourth-order valence-corrected chi connectivity index (χ4v) is 3.66. The molecule has 0 radical (unpaired) electrons. The molecule has 1 aliphatic heterocycles. The third-order valence-electron chi connectivity index (χ3n) is 3.41. The first-order chi connectivity index (χ1) is 9.90.